The first-order valence-corrected chi connectivity index (χ1v) is 13.7. The van der Waals surface area contributed by atoms with E-state index in [9.17, 15) is 9.59 Å². The number of amides is 2. The zero-order chi connectivity index (χ0) is 28.2. The third-order valence-corrected chi connectivity index (χ3v) is 6.73. The molecule has 0 bridgehead atoms. The Balaban J connectivity index is 1.88. The molecule has 1 aliphatic heterocycles. The van der Waals surface area contributed by atoms with E-state index in [1.54, 1.807) is 21.3 Å². The van der Waals surface area contributed by atoms with Crippen molar-refractivity contribution in [2.75, 3.05) is 47.6 Å². The lowest BCUT2D eigenvalue weighted by Crippen LogP contribution is -2.38. The highest BCUT2D eigenvalue weighted by Crippen LogP contribution is 2.38. The molecule has 1 heterocycles. The van der Waals surface area contributed by atoms with E-state index < -0.39 is 0 Å². The predicted octanol–water partition coefficient (Wildman–Crippen LogP) is 4.17. The van der Waals surface area contributed by atoms with Crippen LogP contribution in [0, 0.1) is 5.92 Å². The molecule has 0 unspecified atom stereocenters. The van der Waals surface area contributed by atoms with E-state index in [0.29, 0.717) is 54.2 Å². The summed E-state index contributed by atoms with van der Waals surface area (Å²) in [6.45, 7) is 7.27. The quantitative estimate of drug-likeness (QED) is 0.492. The Kier molecular flexibility index (Phi) is 11.7. The summed E-state index contributed by atoms with van der Waals surface area (Å²) in [6.07, 6.45) is 3.70. The molecule has 0 radical (unpaired) electrons. The summed E-state index contributed by atoms with van der Waals surface area (Å²) in [7, 11) is 4.67. The monoisotopic (exact) mass is 541 g/mol. The van der Waals surface area contributed by atoms with Crippen molar-refractivity contribution in [3.8, 4) is 23.0 Å². The van der Waals surface area contributed by atoms with E-state index in [1.165, 1.54) is 0 Å². The highest BCUT2D eigenvalue weighted by Gasteiger charge is 2.21. The van der Waals surface area contributed by atoms with E-state index in [1.807, 2.05) is 30.3 Å². The Labute approximate surface area is 232 Å². The van der Waals surface area contributed by atoms with Crippen molar-refractivity contribution < 1.29 is 28.5 Å². The fraction of sp³-hybridized carbons (Fsp3) is 0.533. The molecule has 2 N–H and O–H groups in total. The first-order valence-electron chi connectivity index (χ1n) is 13.7. The van der Waals surface area contributed by atoms with Crippen molar-refractivity contribution in [3.63, 3.8) is 0 Å². The van der Waals surface area contributed by atoms with Gasteiger partial charge in [0.05, 0.1) is 34.5 Å². The number of hydrogen-bond donors (Lipinski definition) is 2. The molecular weight excluding hydrogens is 498 g/mol. The Bertz CT molecular complexity index is 1080. The molecule has 2 aromatic carbocycles. The fourth-order valence-electron chi connectivity index (χ4n) is 4.54. The van der Waals surface area contributed by atoms with Gasteiger partial charge in [-0.15, -0.1) is 0 Å². The van der Waals surface area contributed by atoms with Gasteiger partial charge in [-0.25, -0.2) is 0 Å². The number of methoxy groups -OCH3 is 3. The first kappa shape index (κ1) is 30.1. The second kappa shape index (κ2) is 15.2. The van der Waals surface area contributed by atoms with Crippen LogP contribution in [0.2, 0.25) is 0 Å². The smallest absolute Gasteiger partial charge is 0.252 e. The van der Waals surface area contributed by atoms with Gasteiger partial charge in [0.25, 0.3) is 5.91 Å². The number of nitrogens with one attached hydrogen (secondary N) is 2. The number of carbonyl (C=O) groups excluding carboxylic acids is 2. The molecule has 0 atom stereocenters. The van der Waals surface area contributed by atoms with Crippen molar-refractivity contribution in [1.82, 2.24) is 15.5 Å². The normalized spacial score (nSPS) is 15.1. The second-order valence-electron chi connectivity index (χ2n) is 10.2. The van der Waals surface area contributed by atoms with Crippen LogP contribution in [0.15, 0.2) is 30.3 Å². The summed E-state index contributed by atoms with van der Waals surface area (Å²) in [6, 6.07) is 9.19. The Morgan fingerprint density at radius 3 is 2.46 bits per heavy atom. The summed E-state index contributed by atoms with van der Waals surface area (Å²) < 4.78 is 22.5. The molecule has 0 saturated carbocycles. The highest BCUT2D eigenvalue weighted by molar-refractivity contribution is 5.96. The van der Waals surface area contributed by atoms with Gasteiger partial charge in [-0.3, -0.25) is 14.5 Å². The van der Waals surface area contributed by atoms with E-state index in [0.717, 1.165) is 43.4 Å². The Morgan fingerprint density at radius 1 is 1.05 bits per heavy atom. The molecule has 2 amide bonds. The minimum Gasteiger partial charge on any atom is -0.493 e. The molecule has 0 aromatic heterocycles. The van der Waals surface area contributed by atoms with Gasteiger partial charge in [0.2, 0.25) is 11.7 Å². The average Bonchev–Trinajstić information content (AvgIpc) is 2.94. The maximum atomic E-state index is 13.5. The van der Waals surface area contributed by atoms with Crippen LogP contribution in [0.3, 0.4) is 0 Å². The molecule has 214 valence electrons. The van der Waals surface area contributed by atoms with E-state index in [-0.39, 0.29) is 24.9 Å². The lowest BCUT2D eigenvalue weighted by atomic mass is 10.0. The molecule has 3 rings (SSSR count). The van der Waals surface area contributed by atoms with Crippen LogP contribution in [-0.4, -0.2) is 64.3 Å². The SMILES string of the molecule is COc1cc(CNC(=O)c2cccc3c2CN(CCC(C)C)CC(=O)NCCCCCO3)cc(OC)c1OC. The molecule has 0 spiro atoms. The Hall–Kier alpha value is -3.46. The summed E-state index contributed by atoms with van der Waals surface area (Å²) in [5, 5.41) is 6.07. The maximum absolute atomic E-state index is 13.5. The van der Waals surface area contributed by atoms with Gasteiger partial charge in [0.15, 0.2) is 11.5 Å². The van der Waals surface area contributed by atoms with Crippen LogP contribution in [0.25, 0.3) is 0 Å². The van der Waals surface area contributed by atoms with Crippen LogP contribution in [0.1, 0.15) is 61.0 Å². The third kappa shape index (κ3) is 8.78. The minimum absolute atomic E-state index is 0.00445. The number of hydrogen-bond acceptors (Lipinski definition) is 7. The highest BCUT2D eigenvalue weighted by atomic mass is 16.5. The van der Waals surface area contributed by atoms with Gasteiger partial charge in [0, 0.05) is 30.8 Å². The van der Waals surface area contributed by atoms with Gasteiger partial charge in [-0.1, -0.05) is 19.9 Å². The zero-order valence-electron chi connectivity index (χ0n) is 23.9. The number of rotatable bonds is 9. The number of carbonyl (C=O) groups is 2. The van der Waals surface area contributed by atoms with Crippen molar-refractivity contribution >= 4 is 11.8 Å². The van der Waals surface area contributed by atoms with Crippen LogP contribution in [0.4, 0.5) is 0 Å². The van der Waals surface area contributed by atoms with Crippen molar-refractivity contribution in [2.45, 2.75) is 52.6 Å². The maximum Gasteiger partial charge on any atom is 0.252 e. The van der Waals surface area contributed by atoms with Crippen molar-refractivity contribution in [3.05, 3.63) is 47.0 Å². The van der Waals surface area contributed by atoms with Crippen molar-refractivity contribution in [1.29, 1.82) is 0 Å². The molecule has 9 nitrogen and oxygen atoms in total. The third-order valence-electron chi connectivity index (χ3n) is 6.73. The molecule has 39 heavy (non-hydrogen) atoms. The molecule has 2 aromatic rings. The summed E-state index contributed by atoms with van der Waals surface area (Å²) in [4.78, 5) is 28.3. The van der Waals surface area contributed by atoms with Crippen LogP contribution in [-0.2, 0) is 17.9 Å². The van der Waals surface area contributed by atoms with E-state index in [2.05, 4.69) is 29.4 Å². The number of benzene rings is 2. The Morgan fingerprint density at radius 2 is 1.79 bits per heavy atom. The first-order chi connectivity index (χ1) is 18.9. The zero-order valence-corrected chi connectivity index (χ0v) is 23.9. The van der Waals surface area contributed by atoms with Gasteiger partial charge in [-0.2, -0.15) is 0 Å². The molecule has 1 aliphatic rings. The van der Waals surface area contributed by atoms with Gasteiger partial charge in [-0.05, 0) is 68.0 Å². The lowest BCUT2D eigenvalue weighted by Gasteiger charge is -2.25. The molecule has 0 fully saturated rings. The number of nitrogens with zero attached hydrogens (tertiary/aromatic N) is 1. The largest absolute Gasteiger partial charge is 0.493 e. The number of fused-ring (bicyclic) bond motifs is 1. The summed E-state index contributed by atoms with van der Waals surface area (Å²) >= 11 is 0. The van der Waals surface area contributed by atoms with Crippen LogP contribution < -0.4 is 29.6 Å². The van der Waals surface area contributed by atoms with E-state index in [4.69, 9.17) is 18.9 Å². The molecule has 9 heteroatoms. The fourth-order valence-corrected chi connectivity index (χ4v) is 4.54. The van der Waals surface area contributed by atoms with Crippen LogP contribution >= 0.6 is 0 Å². The second-order valence-corrected chi connectivity index (χ2v) is 10.2. The standard InChI is InChI=1S/C30H43N3O6/c1-21(2)12-14-33-19-24-23(10-9-11-25(24)39-15-8-6-7-13-31-28(34)20-33)30(35)32-18-22-16-26(36-3)29(38-5)27(17-22)37-4/h9-11,16-17,21H,6-8,12-15,18-20H2,1-5H3,(H,31,34)(H,32,35). The topological polar surface area (TPSA) is 98.4 Å². The lowest BCUT2D eigenvalue weighted by molar-refractivity contribution is -0.122. The average molecular weight is 542 g/mol. The summed E-state index contributed by atoms with van der Waals surface area (Å²) in [5.74, 6) is 2.50. The molecule has 0 saturated heterocycles. The molecular formula is C30H43N3O6. The van der Waals surface area contributed by atoms with E-state index >= 15 is 0 Å². The predicted molar refractivity (Wildman–Crippen MR) is 151 cm³/mol. The van der Waals surface area contributed by atoms with Crippen molar-refractivity contribution in [2.24, 2.45) is 5.92 Å². The molecule has 0 aliphatic carbocycles. The van der Waals surface area contributed by atoms with Crippen LogP contribution in [0.5, 0.6) is 23.0 Å². The number of ether oxygens (including phenoxy) is 4. The summed E-state index contributed by atoms with van der Waals surface area (Å²) in [5.41, 5.74) is 2.13. The van der Waals surface area contributed by atoms with Gasteiger partial charge in [0.1, 0.15) is 5.75 Å². The minimum atomic E-state index is -0.221. The van der Waals surface area contributed by atoms with Gasteiger partial charge >= 0.3 is 0 Å². The van der Waals surface area contributed by atoms with Gasteiger partial charge < -0.3 is 29.6 Å².